The van der Waals surface area contributed by atoms with Crippen molar-refractivity contribution >= 4 is 82.4 Å². The maximum absolute atomic E-state index is 14.8. The van der Waals surface area contributed by atoms with E-state index in [9.17, 15) is 33.2 Å². The molecule has 0 bridgehead atoms. The van der Waals surface area contributed by atoms with Gasteiger partial charge in [0.25, 0.3) is 0 Å². The fourth-order valence-corrected chi connectivity index (χ4v) is 10.7. The summed E-state index contributed by atoms with van der Waals surface area (Å²) in [6.07, 6.45) is 9.01. The zero-order chi connectivity index (χ0) is 47.0. The zero-order valence-electron chi connectivity index (χ0n) is 37.6. The van der Waals surface area contributed by atoms with Crippen LogP contribution >= 0.6 is 23.2 Å². The molecule has 3 aromatic rings. The van der Waals surface area contributed by atoms with Gasteiger partial charge < -0.3 is 35.6 Å². The minimum absolute atomic E-state index is 0.0936. The summed E-state index contributed by atoms with van der Waals surface area (Å²) in [4.78, 5) is 82.2. The highest BCUT2D eigenvalue weighted by molar-refractivity contribution is 6.31. The average Bonchev–Trinajstić information content (AvgIpc) is 3.67. The number of benzene rings is 3. The van der Waals surface area contributed by atoms with E-state index in [0.29, 0.717) is 67.7 Å². The van der Waals surface area contributed by atoms with Crippen molar-refractivity contribution in [3.05, 3.63) is 82.1 Å². The molecular weight excluding hydrogens is 888 g/mol. The Bertz CT molecular complexity index is 2250. The SMILES string of the molecule is CN(C=O)c1cc(N2CCN(C(=O)CN3CCC(NC=O)CC3)CC2)ccc1N(C)C1CCC(=O)NC1=O.O=C(Nc1cccc(Cl)c1)C1C(c2cccc(Cl)c2F)CNC12CCCCC2. The first-order valence-electron chi connectivity index (χ1n) is 22.9. The Morgan fingerprint density at radius 1 is 0.894 bits per heavy atom. The Balaban J connectivity index is 0.000000205. The van der Waals surface area contributed by atoms with Gasteiger partial charge in [0.2, 0.25) is 36.4 Å². The number of nitrogens with one attached hydrogen (secondary N) is 4. The number of rotatable bonds is 12. The van der Waals surface area contributed by atoms with Gasteiger partial charge in [0.1, 0.15) is 11.9 Å². The van der Waals surface area contributed by atoms with Crippen molar-refractivity contribution in [1.82, 2.24) is 25.8 Å². The number of amides is 6. The van der Waals surface area contributed by atoms with Crippen LogP contribution in [0.25, 0.3) is 0 Å². The van der Waals surface area contributed by atoms with Crippen LogP contribution in [0.4, 0.5) is 27.1 Å². The highest BCUT2D eigenvalue weighted by Gasteiger charge is 2.53. The molecular formula is C48H60Cl2FN9O6. The number of carbonyl (C=O) groups excluding carboxylic acids is 6. The van der Waals surface area contributed by atoms with Crippen molar-refractivity contribution in [2.24, 2.45) is 5.92 Å². The minimum atomic E-state index is -0.501. The van der Waals surface area contributed by atoms with E-state index in [2.05, 4.69) is 31.1 Å². The van der Waals surface area contributed by atoms with Gasteiger partial charge in [-0.05, 0) is 80.1 Å². The molecule has 1 spiro atoms. The van der Waals surface area contributed by atoms with Gasteiger partial charge in [-0.15, -0.1) is 0 Å². The largest absolute Gasteiger partial charge is 0.368 e. The molecule has 8 rings (SSSR count). The number of piperazine rings is 1. The molecule has 3 atom stereocenters. The van der Waals surface area contributed by atoms with E-state index in [-0.39, 0.29) is 58.5 Å². The molecule has 0 radical (unpaired) electrons. The zero-order valence-corrected chi connectivity index (χ0v) is 39.1. The summed E-state index contributed by atoms with van der Waals surface area (Å²) in [6, 6.07) is 17.6. The lowest BCUT2D eigenvalue weighted by Gasteiger charge is -2.39. The van der Waals surface area contributed by atoms with Crippen molar-refractivity contribution < 1.29 is 33.2 Å². The van der Waals surface area contributed by atoms with E-state index in [1.165, 1.54) is 11.3 Å². The topological polar surface area (TPSA) is 167 Å². The number of piperidine rings is 2. The summed E-state index contributed by atoms with van der Waals surface area (Å²) in [5.74, 6) is -1.66. The van der Waals surface area contributed by atoms with Gasteiger partial charge in [-0.1, -0.05) is 60.7 Å². The van der Waals surface area contributed by atoms with Crippen molar-refractivity contribution in [3.63, 3.8) is 0 Å². The highest BCUT2D eigenvalue weighted by atomic mass is 35.5. The number of likely N-dealkylation sites (tertiary alicyclic amines) is 1. The van der Waals surface area contributed by atoms with Crippen LogP contribution in [0.1, 0.15) is 69.3 Å². The summed E-state index contributed by atoms with van der Waals surface area (Å²) in [5, 5.41) is 12.5. The molecule has 3 unspecified atom stereocenters. The Labute approximate surface area is 395 Å². The van der Waals surface area contributed by atoms with Crippen LogP contribution in [0, 0.1) is 11.7 Å². The lowest BCUT2D eigenvalue weighted by atomic mass is 9.69. The van der Waals surface area contributed by atoms with Crippen molar-refractivity contribution in [1.29, 1.82) is 0 Å². The summed E-state index contributed by atoms with van der Waals surface area (Å²) in [7, 11) is 3.46. The van der Waals surface area contributed by atoms with Gasteiger partial charge in [0, 0.05) is 100 Å². The third kappa shape index (κ3) is 11.3. The maximum atomic E-state index is 14.8. The quantitative estimate of drug-likeness (QED) is 0.141. The molecule has 5 fully saturated rings. The Hall–Kier alpha value is -5.29. The second-order valence-corrected chi connectivity index (χ2v) is 18.8. The van der Waals surface area contributed by atoms with Crippen LogP contribution < -0.4 is 36.0 Å². The molecule has 1 aliphatic carbocycles. The second kappa shape index (κ2) is 22.0. The summed E-state index contributed by atoms with van der Waals surface area (Å²) < 4.78 is 14.8. The van der Waals surface area contributed by atoms with Crippen LogP contribution in [0.2, 0.25) is 10.0 Å². The van der Waals surface area contributed by atoms with Gasteiger partial charge in [0.15, 0.2) is 0 Å². The second-order valence-electron chi connectivity index (χ2n) is 18.0. The minimum Gasteiger partial charge on any atom is -0.368 e. The molecule has 15 nitrogen and oxygen atoms in total. The van der Waals surface area contributed by atoms with E-state index in [1.807, 2.05) is 34.1 Å². The fraction of sp³-hybridized carbons (Fsp3) is 0.500. The molecule has 6 amide bonds. The van der Waals surface area contributed by atoms with E-state index >= 15 is 0 Å². The van der Waals surface area contributed by atoms with Crippen LogP contribution in [-0.4, -0.2) is 130 Å². The Morgan fingerprint density at radius 3 is 2.30 bits per heavy atom. The summed E-state index contributed by atoms with van der Waals surface area (Å²) in [5.41, 5.74) is 3.18. The number of halogens is 3. The number of imide groups is 1. The molecule has 66 heavy (non-hydrogen) atoms. The molecule has 4 heterocycles. The first-order chi connectivity index (χ1) is 31.8. The van der Waals surface area contributed by atoms with Gasteiger partial charge in [-0.2, -0.15) is 0 Å². The number of hydrogen-bond acceptors (Lipinski definition) is 10. The first kappa shape index (κ1) is 48.6. The van der Waals surface area contributed by atoms with Gasteiger partial charge in [-0.25, -0.2) is 4.39 Å². The van der Waals surface area contributed by atoms with Crippen LogP contribution in [-0.2, 0) is 28.8 Å². The standard InChI is InChI=1S/C26H37N7O5.C22H23Cl2FN2O/c1-29(18-35)23-15-20(3-4-21(23)30(2)22-5-6-24(36)28-26(22)38)32-11-13-33(14-12-32)25(37)16-31-9-7-19(8-10-31)27-17-34;23-14-6-4-7-15(12-14)27-21(28)19-17(16-8-5-9-18(24)20(16)25)13-26-22(19)10-2-1-3-11-22/h3-4,15,17-19,22H,5-14,16H2,1-2H3,(H,27,34)(H,28,36,38);4-9,12,17,19,26H,1-3,10-11,13H2,(H,27,28). The molecule has 5 aliphatic rings. The van der Waals surface area contributed by atoms with Crippen LogP contribution in [0.15, 0.2) is 60.7 Å². The number of nitrogens with zero attached hydrogens (tertiary/aromatic N) is 5. The number of hydrogen-bond donors (Lipinski definition) is 4. The number of anilines is 4. The van der Waals surface area contributed by atoms with Crippen molar-refractivity contribution in [2.75, 3.05) is 86.5 Å². The molecule has 18 heteroatoms. The molecule has 1 saturated carbocycles. The van der Waals surface area contributed by atoms with E-state index in [1.54, 1.807) is 50.5 Å². The lowest BCUT2D eigenvalue weighted by Crippen LogP contribution is -2.52. The molecule has 4 saturated heterocycles. The molecule has 354 valence electrons. The normalized spacial score (nSPS) is 22.2. The van der Waals surface area contributed by atoms with Crippen LogP contribution in [0.3, 0.4) is 0 Å². The number of likely N-dealkylation sites (N-methyl/N-ethyl adjacent to an activating group) is 1. The predicted octanol–water partition coefficient (Wildman–Crippen LogP) is 5.16. The van der Waals surface area contributed by atoms with Gasteiger partial charge in [-0.3, -0.25) is 39.0 Å². The maximum Gasteiger partial charge on any atom is 0.249 e. The predicted molar refractivity (Wildman–Crippen MR) is 254 cm³/mol. The van der Waals surface area contributed by atoms with Gasteiger partial charge in [0.05, 0.1) is 28.9 Å². The van der Waals surface area contributed by atoms with E-state index in [0.717, 1.165) is 75.8 Å². The first-order valence-corrected chi connectivity index (χ1v) is 23.6. The Morgan fingerprint density at radius 2 is 1.62 bits per heavy atom. The van der Waals surface area contributed by atoms with Crippen LogP contribution in [0.5, 0.6) is 0 Å². The molecule has 3 aromatic carbocycles. The molecule has 4 aliphatic heterocycles. The van der Waals surface area contributed by atoms with Gasteiger partial charge >= 0.3 is 0 Å². The Kier molecular flexibility index (Phi) is 16.2. The monoisotopic (exact) mass is 947 g/mol. The fourth-order valence-electron chi connectivity index (χ4n) is 10.3. The van der Waals surface area contributed by atoms with Crippen molar-refractivity contribution in [2.45, 2.75) is 81.3 Å². The van der Waals surface area contributed by atoms with E-state index < -0.39 is 11.9 Å². The summed E-state index contributed by atoms with van der Waals surface area (Å²) >= 11 is 12.1. The summed E-state index contributed by atoms with van der Waals surface area (Å²) in [6.45, 7) is 5.10. The molecule has 0 aromatic heterocycles. The number of carbonyl (C=O) groups is 6. The highest BCUT2D eigenvalue weighted by Crippen LogP contribution is 2.47. The molecule has 4 N–H and O–H groups in total. The average molecular weight is 949 g/mol. The van der Waals surface area contributed by atoms with E-state index in [4.69, 9.17) is 23.2 Å². The van der Waals surface area contributed by atoms with Crippen molar-refractivity contribution in [3.8, 4) is 0 Å². The third-order valence-electron chi connectivity index (χ3n) is 14.0. The lowest BCUT2D eigenvalue weighted by molar-refractivity contribution is -0.134. The third-order valence-corrected chi connectivity index (χ3v) is 14.5. The smallest absolute Gasteiger partial charge is 0.249 e.